The van der Waals surface area contributed by atoms with E-state index in [1.54, 1.807) is 13.2 Å². The van der Waals surface area contributed by atoms with Gasteiger partial charge in [-0.05, 0) is 72.1 Å². The van der Waals surface area contributed by atoms with Gasteiger partial charge in [-0.1, -0.05) is 66.7 Å². The number of pyridine rings is 3. The van der Waals surface area contributed by atoms with Gasteiger partial charge in [0.15, 0.2) is 0 Å². The number of aromatic nitrogens is 6. The number of fused-ring (bicyclic) bond motifs is 12. The third-order valence-corrected chi connectivity index (χ3v) is 10.8. The van der Waals surface area contributed by atoms with Crippen LogP contribution in [-0.4, -0.2) is 28.2 Å². The summed E-state index contributed by atoms with van der Waals surface area (Å²) < 4.78 is 5.08. The summed E-state index contributed by atoms with van der Waals surface area (Å²) >= 11 is 0. The molecule has 13 rings (SSSR count). The molecule has 0 atom stereocenters. The van der Waals surface area contributed by atoms with Crippen LogP contribution < -0.4 is 16.7 Å². The molecule has 6 heterocycles. The number of rotatable bonds is 0. The molecule has 0 fully saturated rings. The summed E-state index contributed by atoms with van der Waals surface area (Å²) in [7, 11) is 0. The Morgan fingerprint density at radius 2 is 0.660 bits per heavy atom. The van der Waals surface area contributed by atoms with Crippen molar-refractivity contribution in [3.05, 3.63) is 165 Å². The Labute approximate surface area is 295 Å². The maximum absolute atomic E-state index is 13.6. The molecular formula is C44H22N6O3. The van der Waals surface area contributed by atoms with E-state index in [0.29, 0.717) is 22.1 Å². The minimum Gasteiger partial charge on any atom is -0.268 e. The number of hydrogen-bond acceptors (Lipinski definition) is 6. The van der Waals surface area contributed by atoms with Crippen molar-refractivity contribution in [1.29, 1.82) is 0 Å². The summed E-state index contributed by atoms with van der Waals surface area (Å²) in [6.07, 6.45) is 0. The molecule has 0 saturated carbocycles. The third-order valence-electron chi connectivity index (χ3n) is 10.8. The Morgan fingerprint density at radius 1 is 0.321 bits per heavy atom. The lowest BCUT2D eigenvalue weighted by atomic mass is 9.96. The zero-order chi connectivity index (χ0) is 35.1. The summed E-state index contributed by atoms with van der Waals surface area (Å²) in [6.45, 7) is 0. The predicted molar refractivity (Wildman–Crippen MR) is 212 cm³/mol. The molecular weight excluding hydrogens is 661 g/mol. The van der Waals surface area contributed by atoms with E-state index in [2.05, 4.69) is 4.98 Å². The van der Waals surface area contributed by atoms with Crippen molar-refractivity contribution < 1.29 is 0 Å². The molecule has 53 heavy (non-hydrogen) atoms. The second kappa shape index (κ2) is 9.83. The summed E-state index contributed by atoms with van der Waals surface area (Å²) in [5, 5.41) is 8.28. The first-order valence-electron chi connectivity index (χ1n) is 17.3. The van der Waals surface area contributed by atoms with Crippen LogP contribution in [0.3, 0.4) is 0 Å². The standard InChI is InChI=1S/C26H12N4O2.C18H10N2O/c31-25-15-12-10-14-22-16(26(32)30-20-8-4-2-6-18(20)28-24(14)30)11-9-13(21(15)22)23-27-17-5-1-3-7-19(17)29(23)25;21-18-13-8-4-6-11-5-3-7-12(16(11)13)17-19-14-9-1-2-10-15(14)20(17)18/h1-12H;1-10H. The molecule has 0 unspecified atom stereocenters. The largest absolute Gasteiger partial charge is 0.268 e. The van der Waals surface area contributed by atoms with Crippen LogP contribution in [0.25, 0.3) is 104 Å². The Kier molecular flexibility index (Phi) is 5.23. The molecule has 9 nitrogen and oxygen atoms in total. The molecule has 0 saturated heterocycles. The van der Waals surface area contributed by atoms with E-state index in [0.717, 1.165) is 81.8 Å². The maximum Gasteiger partial charge on any atom is 0.264 e. The average molecular weight is 683 g/mol. The molecule has 246 valence electrons. The van der Waals surface area contributed by atoms with Crippen molar-refractivity contribution in [2.45, 2.75) is 0 Å². The van der Waals surface area contributed by atoms with Gasteiger partial charge in [0.05, 0.1) is 33.1 Å². The van der Waals surface area contributed by atoms with E-state index in [1.807, 2.05) is 133 Å². The van der Waals surface area contributed by atoms with Gasteiger partial charge in [0.25, 0.3) is 16.7 Å². The van der Waals surface area contributed by atoms with Crippen LogP contribution in [0.1, 0.15) is 0 Å². The van der Waals surface area contributed by atoms with Gasteiger partial charge in [-0.2, -0.15) is 0 Å². The van der Waals surface area contributed by atoms with Gasteiger partial charge >= 0.3 is 0 Å². The molecule has 0 aliphatic rings. The highest BCUT2D eigenvalue weighted by molar-refractivity contribution is 6.28. The summed E-state index contributed by atoms with van der Waals surface area (Å²) in [6, 6.07) is 42.5. The lowest BCUT2D eigenvalue weighted by Crippen LogP contribution is -2.16. The molecule has 13 aromatic rings. The first kappa shape index (κ1) is 28.2. The minimum atomic E-state index is -0.128. The van der Waals surface area contributed by atoms with Gasteiger partial charge in [-0.25, -0.2) is 15.0 Å². The van der Waals surface area contributed by atoms with Crippen LogP contribution in [-0.2, 0) is 0 Å². The van der Waals surface area contributed by atoms with Gasteiger partial charge in [0, 0.05) is 48.5 Å². The molecule has 0 bridgehead atoms. The van der Waals surface area contributed by atoms with Gasteiger partial charge in [0.2, 0.25) is 0 Å². The van der Waals surface area contributed by atoms with Crippen LogP contribution in [0.15, 0.2) is 148 Å². The van der Waals surface area contributed by atoms with E-state index in [-0.39, 0.29) is 16.7 Å². The van der Waals surface area contributed by atoms with Crippen molar-refractivity contribution in [1.82, 2.24) is 28.2 Å². The second-order valence-electron chi connectivity index (χ2n) is 13.5. The number of benzene rings is 7. The predicted octanol–water partition coefficient (Wildman–Crippen LogP) is 7.94. The minimum absolute atomic E-state index is 0.00278. The van der Waals surface area contributed by atoms with Gasteiger partial charge in [-0.3, -0.25) is 27.6 Å². The second-order valence-corrected chi connectivity index (χ2v) is 13.5. The Balaban J connectivity index is 0.000000130. The number of hydrogen-bond donors (Lipinski definition) is 0. The van der Waals surface area contributed by atoms with Crippen molar-refractivity contribution >= 4 is 104 Å². The maximum atomic E-state index is 13.6. The topological polar surface area (TPSA) is 103 Å². The molecule has 7 aromatic carbocycles. The van der Waals surface area contributed by atoms with Crippen LogP contribution in [0.2, 0.25) is 0 Å². The first-order chi connectivity index (χ1) is 26.1. The lowest BCUT2D eigenvalue weighted by Gasteiger charge is -2.12. The Morgan fingerprint density at radius 3 is 1.09 bits per heavy atom. The van der Waals surface area contributed by atoms with Crippen LogP contribution in [0.4, 0.5) is 0 Å². The van der Waals surface area contributed by atoms with E-state index in [9.17, 15) is 14.4 Å². The van der Waals surface area contributed by atoms with Gasteiger partial charge in [-0.15, -0.1) is 0 Å². The van der Waals surface area contributed by atoms with Gasteiger partial charge in [0.1, 0.15) is 16.9 Å². The third kappa shape index (κ3) is 3.50. The summed E-state index contributed by atoms with van der Waals surface area (Å²) in [5.41, 5.74) is 6.53. The van der Waals surface area contributed by atoms with Crippen molar-refractivity contribution in [2.24, 2.45) is 0 Å². The van der Waals surface area contributed by atoms with Crippen LogP contribution >= 0.6 is 0 Å². The van der Waals surface area contributed by atoms with Crippen LogP contribution in [0.5, 0.6) is 0 Å². The smallest absolute Gasteiger partial charge is 0.264 e. The zero-order valence-electron chi connectivity index (χ0n) is 27.6. The van der Waals surface area contributed by atoms with Gasteiger partial charge < -0.3 is 0 Å². The van der Waals surface area contributed by atoms with E-state index in [1.165, 1.54) is 0 Å². The van der Waals surface area contributed by atoms with Crippen molar-refractivity contribution in [3.63, 3.8) is 0 Å². The zero-order valence-corrected chi connectivity index (χ0v) is 27.6. The van der Waals surface area contributed by atoms with E-state index >= 15 is 0 Å². The fourth-order valence-electron chi connectivity index (χ4n) is 8.53. The highest BCUT2D eigenvalue weighted by Gasteiger charge is 2.22. The molecule has 0 radical (unpaired) electrons. The summed E-state index contributed by atoms with van der Waals surface area (Å²) in [4.78, 5) is 54.3. The SMILES string of the molecule is O=c1c2ccc3c4c(ccc(c24)c2nc4ccccc4n12)c(=O)n1c2ccccc2nc31.O=c1c2cccc3cccc(c32)c2nc3ccccc3n12. The van der Waals surface area contributed by atoms with E-state index in [4.69, 9.17) is 9.97 Å². The Hall–Kier alpha value is -7.52. The molecule has 0 aliphatic heterocycles. The highest BCUT2D eigenvalue weighted by Crippen LogP contribution is 2.36. The molecule has 9 heteroatoms. The lowest BCUT2D eigenvalue weighted by molar-refractivity contribution is 1.18. The van der Waals surface area contributed by atoms with E-state index < -0.39 is 0 Å². The quantitative estimate of drug-likeness (QED) is 0.151. The number of imidazole rings is 3. The fraction of sp³-hybridized carbons (Fsp3) is 0. The average Bonchev–Trinajstić information content (AvgIpc) is 3.91. The Bertz CT molecular complexity index is 3720. The molecule has 6 aromatic heterocycles. The monoisotopic (exact) mass is 682 g/mol. The fourth-order valence-corrected chi connectivity index (χ4v) is 8.53. The molecule has 0 N–H and O–H groups in total. The van der Waals surface area contributed by atoms with Crippen molar-refractivity contribution in [3.8, 4) is 0 Å². The first-order valence-corrected chi connectivity index (χ1v) is 17.3. The van der Waals surface area contributed by atoms with Crippen molar-refractivity contribution in [2.75, 3.05) is 0 Å². The number of para-hydroxylation sites is 6. The molecule has 0 spiro atoms. The molecule has 0 aliphatic carbocycles. The molecule has 0 amide bonds. The van der Waals surface area contributed by atoms with Crippen LogP contribution in [0, 0.1) is 0 Å². The highest BCUT2D eigenvalue weighted by atomic mass is 16.1. The summed E-state index contributed by atoms with van der Waals surface area (Å²) in [5.74, 6) is 0. The normalized spacial score (nSPS) is 12.4. The number of nitrogens with zero attached hydrogens (tertiary/aromatic N) is 6.